The van der Waals surface area contributed by atoms with Crippen LogP contribution >= 0.6 is 0 Å². The van der Waals surface area contributed by atoms with Gasteiger partial charge < -0.3 is 19.9 Å². The van der Waals surface area contributed by atoms with Crippen LogP contribution in [-0.2, 0) is 14.3 Å². The molecule has 1 heterocycles. The van der Waals surface area contributed by atoms with E-state index in [1.54, 1.807) is 6.92 Å². The number of hydrogen-bond donors (Lipinski definition) is 2. The van der Waals surface area contributed by atoms with Gasteiger partial charge in [-0.2, -0.15) is 0 Å². The van der Waals surface area contributed by atoms with E-state index in [1.165, 1.54) is 18.2 Å². The molecule has 2 rings (SSSR count). The third kappa shape index (κ3) is 3.69. The van der Waals surface area contributed by atoms with Crippen LogP contribution in [0.5, 0.6) is 5.75 Å². The van der Waals surface area contributed by atoms with Crippen molar-refractivity contribution >= 4 is 17.6 Å². The molecule has 21 heavy (non-hydrogen) atoms. The highest BCUT2D eigenvalue weighted by Gasteiger charge is 2.34. The zero-order chi connectivity index (χ0) is 15.4. The van der Waals surface area contributed by atoms with E-state index in [0.717, 1.165) is 0 Å². The first-order valence-corrected chi connectivity index (χ1v) is 6.62. The molecule has 1 aromatic rings. The Morgan fingerprint density at radius 1 is 1.43 bits per heavy atom. The summed E-state index contributed by atoms with van der Waals surface area (Å²) < 4.78 is 23.6. The van der Waals surface area contributed by atoms with Crippen LogP contribution in [0.2, 0.25) is 0 Å². The van der Waals surface area contributed by atoms with Gasteiger partial charge in [0.2, 0.25) is 0 Å². The number of amides is 1. The molecule has 1 fully saturated rings. The van der Waals surface area contributed by atoms with Gasteiger partial charge >= 0.3 is 5.97 Å². The number of carbonyl (C=O) groups excluding carboxylic acids is 1. The molecule has 0 aromatic heterocycles. The van der Waals surface area contributed by atoms with Crippen molar-refractivity contribution < 1.29 is 28.6 Å². The van der Waals surface area contributed by atoms with Crippen LogP contribution in [-0.4, -0.2) is 35.8 Å². The minimum Gasteiger partial charge on any atom is -0.492 e. The molecule has 7 heteroatoms. The summed E-state index contributed by atoms with van der Waals surface area (Å²) in [5.74, 6) is -1.80. The molecule has 0 bridgehead atoms. The number of carbonyl (C=O) groups is 2. The maximum Gasteiger partial charge on any atom is 0.332 e. The third-order valence-corrected chi connectivity index (χ3v) is 3.09. The standard InChI is InChI=1S/C14H16FNO5/c1-2-20-12-7-8(15)3-4-9(12)16-13(17)10-5-6-11(21-10)14(18)19/h3-4,7,10-11H,2,5-6H2,1H3,(H,16,17)(H,18,19). The van der Waals surface area contributed by atoms with E-state index >= 15 is 0 Å². The highest BCUT2D eigenvalue weighted by atomic mass is 19.1. The number of anilines is 1. The van der Waals surface area contributed by atoms with Gasteiger partial charge in [0.1, 0.15) is 17.7 Å². The van der Waals surface area contributed by atoms with Gasteiger partial charge in [-0.1, -0.05) is 0 Å². The summed E-state index contributed by atoms with van der Waals surface area (Å²) in [7, 11) is 0. The summed E-state index contributed by atoms with van der Waals surface area (Å²) in [5.41, 5.74) is 0.325. The molecule has 1 saturated heterocycles. The number of nitrogens with one attached hydrogen (secondary N) is 1. The molecule has 114 valence electrons. The fraction of sp³-hybridized carbons (Fsp3) is 0.429. The van der Waals surface area contributed by atoms with Crippen LogP contribution < -0.4 is 10.1 Å². The Labute approximate surface area is 120 Å². The lowest BCUT2D eigenvalue weighted by atomic mass is 10.2. The fourth-order valence-corrected chi connectivity index (χ4v) is 2.10. The number of ether oxygens (including phenoxy) is 2. The van der Waals surface area contributed by atoms with Crippen LogP contribution in [0.25, 0.3) is 0 Å². The number of halogens is 1. The fourth-order valence-electron chi connectivity index (χ4n) is 2.10. The Morgan fingerprint density at radius 3 is 2.76 bits per heavy atom. The molecule has 0 radical (unpaired) electrons. The van der Waals surface area contributed by atoms with E-state index < -0.39 is 29.9 Å². The zero-order valence-corrected chi connectivity index (χ0v) is 11.5. The van der Waals surface area contributed by atoms with Crippen molar-refractivity contribution in [2.24, 2.45) is 0 Å². The lowest BCUT2D eigenvalue weighted by Gasteiger charge is -2.14. The van der Waals surface area contributed by atoms with E-state index in [0.29, 0.717) is 18.7 Å². The molecule has 1 amide bonds. The van der Waals surface area contributed by atoms with Crippen LogP contribution in [0.15, 0.2) is 18.2 Å². The Balaban J connectivity index is 2.05. The second-order valence-corrected chi connectivity index (χ2v) is 4.59. The number of rotatable bonds is 5. The molecule has 0 spiro atoms. The van der Waals surface area contributed by atoms with Crippen molar-refractivity contribution in [2.75, 3.05) is 11.9 Å². The van der Waals surface area contributed by atoms with Crippen LogP contribution in [0.4, 0.5) is 10.1 Å². The molecule has 2 unspecified atom stereocenters. The van der Waals surface area contributed by atoms with Crippen molar-refractivity contribution in [3.8, 4) is 5.75 Å². The Bertz CT molecular complexity index is 548. The minimum absolute atomic E-state index is 0.221. The topological polar surface area (TPSA) is 84.9 Å². The minimum atomic E-state index is -1.08. The molecule has 1 aromatic carbocycles. The second kappa shape index (κ2) is 6.53. The molecule has 1 aliphatic heterocycles. The highest BCUT2D eigenvalue weighted by Crippen LogP contribution is 2.27. The summed E-state index contributed by atoms with van der Waals surface area (Å²) in [6.07, 6.45) is -1.17. The maximum absolute atomic E-state index is 13.2. The van der Waals surface area contributed by atoms with Crippen LogP contribution in [0.1, 0.15) is 19.8 Å². The van der Waals surface area contributed by atoms with Gasteiger partial charge in [0.15, 0.2) is 6.10 Å². The Kier molecular flexibility index (Phi) is 4.74. The molecule has 6 nitrogen and oxygen atoms in total. The molecular formula is C14H16FNO5. The summed E-state index contributed by atoms with van der Waals surface area (Å²) in [6.45, 7) is 2.07. The van der Waals surface area contributed by atoms with E-state index in [2.05, 4.69) is 5.32 Å². The molecule has 2 N–H and O–H groups in total. The molecule has 0 aliphatic carbocycles. The lowest BCUT2D eigenvalue weighted by Crippen LogP contribution is -2.30. The molecule has 1 aliphatic rings. The van der Waals surface area contributed by atoms with Crippen LogP contribution in [0, 0.1) is 5.82 Å². The first kappa shape index (κ1) is 15.2. The van der Waals surface area contributed by atoms with Crippen molar-refractivity contribution in [2.45, 2.75) is 32.0 Å². The first-order chi connectivity index (χ1) is 10.0. The van der Waals surface area contributed by atoms with Crippen molar-refractivity contribution in [1.82, 2.24) is 0 Å². The van der Waals surface area contributed by atoms with Crippen LogP contribution in [0.3, 0.4) is 0 Å². The van der Waals surface area contributed by atoms with Crippen molar-refractivity contribution in [3.63, 3.8) is 0 Å². The quantitative estimate of drug-likeness (QED) is 0.865. The number of benzene rings is 1. The van der Waals surface area contributed by atoms with E-state index in [4.69, 9.17) is 14.6 Å². The summed E-state index contributed by atoms with van der Waals surface area (Å²) in [5, 5.41) is 11.4. The number of hydrogen-bond acceptors (Lipinski definition) is 4. The number of carboxylic acid groups (broad SMARTS) is 1. The third-order valence-electron chi connectivity index (χ3n) is 3.09. The Morgan fingerprint density at radius 2 is 2.14 bits per heavy atom. The maximum atomic E-state index is 13.2. The highest BCUT2D eigenvalue weighted by molar-refractivity contribution is 5.96. The normalized spacial score (nSPS) is 21.0. The average molecular weight is 297 g/mol. The van der Waals surface area contributed by atoms with Gasteiger partial charge in [-0.3, -0.25) is 4.79 Å². The van der Waals surface area contributed by atoms with Crippen molar-refractivity contribution in [3.05, 3.63) is 24.0 Å². The largest absolute Gasteiger partial charge is 0.492 e. The van der Waals surface area contributed by atoms with E-state index in [1.807, 2.05) is 0 Å². The SMILES string of the molecule is CCOc1cc(F)ccc1NC(=O)C1CCC(C(=O)O)O1. The van der Waals surface area contributed by atoms with Gasteiger partial charge in [-0.25, -0.2) is 9.18 Å². The zero-order valence-electron chi connectivity index (χ0n) is 11.5. The van der Waals surface area contributed by atoms with E-state index in [9.17, 15) is 14.0 Å². The summed E-state index contributed by atoms with van der Waals surface area (Å²) in [4.78, 5) is 22.8. The smallest absolute Gasteiger partial charge is 0.332 e. The lowest BCUT2D eigenvalue weighted by molar-refractivity contribution is -0.150. The number of carboxylic acids is 1. The predicted molar refractivity (Wildman–Crippen MR) is 71.7 cm³/mol. The first-order valence-electron chi connectivity index (χ1n) is 6.62. The number of aliphatic carboxylic acids is 1. The van der Waals surface area contributed by atoms with Gasteiger partial charge in [0.25, 0.3) is 5.91 Å². The average Bonchev–Trinajstić information content (AvgIpc) is 2.92. The van der Waals surface area contributed by atoms with Gasteiger partial charge in [-0.05, 0) is 31.9 Å². The second-order valence-electron chi connectivity index (χ2n) is 4.59. The summed E-state index contributed by atoms with van der Waals surface area (Å²) in [6, 6.07) is 3.77. The predicted octanol–water partition coefficient (Wildman–Crippen LogP) is 1.80. The van der Waals surface area contributed by atoms with Gasteiger partial charge in [-0.15, -0.1) is 0 Å². The monoisotopic (exact) mass is 297 g/mol. The molecule has 0 saturated carbocycles. The van der Waals surface area contributed by atoms with Gasteiger partial charge in [0.05, 0.1) is 12.3 Å². The van der Waals surface area contributed by atoms with Crippen molar-refractivity contribution in [1.29, 1.82) is 0 Å². The van der Waals surface area contributed by atoms with Gasteiger partial charge in [0, 0.05) is 6.07 Å². The van der Waals surface area contributed by atoms with E-state index in [-0.39, 0.29) is 12.2 Å². The summed E-state index contributed by atoms with van der Waals surface area (Å²) >= 11 is 0. The molecular weight excluding hydrogens is 281 g/mol. The Hall–Kier alpha value is -2.15. The molecule has 2 atom stereocenters.